The van der Waals surface area contributed by atoms with Crippen LogP contribution < -0.4 is 0 Å². The van der Waals surface area contributed by atoms with Gasteiger partial charge in [0.15, 0.2) is 0 Å². The number of hydrogen-bond donors (Lipinski definition) is 0. The maximum atomic E-state index is 13.1. The Labute approximate surface area is 170 Å². The van der Waals surface area contributed by atoms with Crippen LogP contribution >= 0.6 is 11.6 Å². The van der Waals surface area contributed by atoms with Gasteiger partial charge in [0, 0.05) is 45.3 Å². The Morgan fingerprint density at radius 1 is 1.14 bits per heavy atom. The smallest absolute Gasteiger partial charge is 0.230 e. The quantitative estimate of drug-likeness (QED) is 0.748. The van der Waals surface area contributed by atoms with Gasteiger partial charge in [-0.05, 0) is 24.8 Å². The Kier molecular flexibility index (Phi) is 5.40. The van der Waals surface area contributed by atoms with E-state index >= 15 is 0 Å². The van der Waals surface area contributed by atoms with Gasteiger partial charge in [-0.25, -0.2) is 0 Å². The highest BCUT2D eigenvalue weighted by atomic mass is 35.5. The minimum absolute atomic E-state index is 0.0824. The second kappa shape index (κ2) is 7.95. The van der Waals surface area contributed by atoms with E-state index in [2.05, 4.69) is 17.2 Å². The summed E-state index contributed by atoms with van der Waals surface area (Å²) >= 11 is 5.86. The van der Waals surface area contributed by atoms with Gasteiger partial charge in [0.25, 0.3) is 0 Å². The first-order valence-corrected chi connectivity index (χ1v) is 10.2. The zero-order valence-corrected chi connectivity index (χ0v) is 16.6. The fourth-order valence-corrected chi connectivity index (χ4v) is 4.46. The van der Waals surface area contributed by atoms with Gasteiger partial charge in [0.1, 0.15) is 0 Å². The van der Waals surface area contributed by atoms with Gasteiger partial charge in [0.2, 0.25) is 11.8 Å². The molecule has 0 saturated carbocycles. The highest BCUT2D eigenvalue weighted by Crippen LogP contribution is 2.40. The molecule has 3 heterocycles. The average Bonchev–Trinajstić information content (AvgIpc) is 3.41. The number of nitrogens with zero attached hydrogens (tertiary/aromatic N) is 4. The maximum absolute atomic E-state index is 13.1. The van der Waals surface area contributed by atoms with Crippen LogP contribution in [0.2, 0.25) is 5.02 Å². The molecule has 0 aliphatic carbocycles. The number of benzene rings is 1. The molecular weight excluding hydrogens is 376 g/mol. The molecule has 1 spiro atoms. The van der Waals surface area contributed by atoms with Crippen LogP contribution in [0, 0.1) is 5.41 Å². The molecule has 1 unspecified atom stereocenters. The Bertz CT molecular complexity index is 853. The first-order chi connectivity index (χ1) is 13.6. The summed E-state index contributed by atoms with van der Waals surface area (Å²) in [5.41, 5.74) is 0.875. The Balaban J connectivity index is 1.30. The maximum Gasteiger partial charge on any atom is 0.230 e. The van der Waals surface area contributed by atoms with Crippen molar-refractivity contribution in [2.24, 2.45) is 5.41 Å². The summed E-state index contributed by atoms with van der Waals surface area (Å²) in [6.07, 6.45) is 6.15. The van der Waals surface area contributed by atoms with Crippen LogP contribution in [0.25, 0.3) is 0 Å². The highest BCUT2D eigenvalue weighted by molar-refractivity contribution is 6.30. The predicted octanol–water partition coefficient (Wildman–Crippen LogP) is 2.62. The van der Waals surface area contributed by atoms with E-state index in [1.54, 1.807) is 17.1 Å². The first-order valence-electron chi connectivity index (χ1n) is 9.85. The van der Waals surface area contributed by atoms with Gasteiger partial charge in [-0.2, -0.15) is 5.10 Å². The Hall–Kier alpha value is -2.34. The second-order valence-corrected chi connectivity index (χ2v) is 8.23. The van der Waals surface area contributed by atoms with E-state index in [-0.39, 0.29) is 17.2 Å². The molecule has 2 amide bonds. The molecule has 2 aliphatic heterocycles. The molecule has 0 N–H and O–H groups in total. The standard InChI is InChI=1S/C21H25ClN4O2/c22-18-14-23-26(15-18)11-7-19(27)25-13-9-21(16-25)8-12-24(20(21)28)10-6-17-4-2-1-3-5-17/h1-5,14-15H,6-13,16H2. The van der Waals surface area contributed by atoms with Crippen molar-refractivity contribution in [1.29, 1.82) is 0 Å². The zero-order chi connectivity index (χ0) is 19.6. The van der Waals surface area contributed by atoms with Gasteiger partial charge in [-0.3, -0.25) is 14.3 Å². The van der Waals surface area contributed by atoms with Gasteiger partial charge in [0.05, 0.1) is 16.6 Å². The predicted molar refractivity (Wildman–Crippen MR) is 107 cm³/mol. The van der Waals surface area contributed by atoms with Crippen molar-refractivity contribution >= 4 is 23.4 Å². The minimum atomic E-state index is -0.374. The molecule has 1 aromatic heterocycles. The van der Waals surface area contributed by atoms with Crippen LogP contribution in [-0.2, 0) is 22.6 Å². The normalized spacial score (nSPS) is 21.8. The van der Waals surface area contributed by atoms with Crippen molar-refractivity contribution in [1.82, 2.24) is 19.6 Å². The summed E-state index contributed by atoms with van der Waals surface area (Å²) in [5, 5.41) is 4.68. The van der Waals surface area contributed by atoms with E-state index in [0.717, 1.165) is 32.4 Å². The lowest BCUT2D eigenvalue weighted by Crippen LogP contribution is -2.39. The molecular formula is C21H25ClN4O2. The summed E-state index contributed by atoms with van der Waals surface area (Å²) in [6.45, 7) is 3.26. The topological polar surface area (TPSA) is 58.4 Å². The Morgan fingerprint density at radius 2 is 1.93 bits per heavy atom. The van der Waals surface area contributed by atoms with E-state index in [1.165, 1.54) is 5.56 Å². The Morgan fingerprint density at radius 3 is 2.68 bits per heavy atom. The number of aromatic nitrogens is 2. The number of likely N-dealkylation sites (tertiary alicyclic amines) is 2. The first kappa shape index (κ1) is 19.0. The number of carbonyl (C=O) groups is 2. The van der Waals surface area contributed by atoms with Crippen LogP contribution in [0.3, 0.4) is 0 Å². The lowest BCUT2D eigenvalue weighted by Gasteiger charge is -2.24. The number of amides is 2. The molecule has 1 aromatic carbocycles. The lowest BCUT2D eigenvalue weighted by atomic mass is 9.85. The number of aryl methyl sites for hydroxylation is 1. The number of rotatable bonds is 6. The van der Waals surface area contributed by atoms with Gasteiger partial charge >= 0.3 is 0 Å². The number of hydrogen-bond acceptors (Lipinski definition) is 3. The largest absolute Gasteiger partial charge is 0.342 e. The summed E-state index contributed by atoms with van der Waals surface area (Å²) in [4.78, 5) is 29.5. The van der Waals surface area contributed by atoms with Crippen LogP contribution in [0.1, 0.15) is 24.8 Å². The average molecular weight is 401 g/mol. The van der Waals surface area contributed by atoms with Crippen molar-refractivity contribution in [3.8, 4) is 0 Å². The molecule has 2 fully saturated rings. The third-order valence-corrected chi connectivity index (χ3v) is 6.17. The summed E-state index contributed by atoms with van der Waals surface area (Å²) in [6, 6.07) is 10.3. The molecule has 0 radical (unpaired) electrons. The molecule has 2 aromatic rings. The van der Waals surface area contributed by atoms with Crippen molar-refractivity contribution in [2.45, 2.75) is 32.2 Å². The van der Waals surface area contributed by atoms with Gasteiger partial charge in [-0.1, -0.05) is 41.9 Å². The number of carbonyl (C=O) groups excluding carboxylic acids is 2. The van der Waals surface area contributed by atoms with E-state index in [4.69, 9.17) is 11.6 Å². The number of halogens is 1. The van der Waals surface area contributed by atoms with Gasteiger partial charge in [-0.15, -0.1) is 0 Å². The fraction of sp³-hybridized carbons (Fsp3) is 0.476. The summed E-state index contributed by atoms with van der Waals surface area (Å²) < 4.78 is 1.68. The lowest BCUT2D eigenvalue weighted by molar-refractivity contribution is -0.136. The fourth-order valence-electron chi connectivity index (χ4n) is 4.31. The van der Waals surface area contributed by atoms with E-state index < -0.39 is 0 Å². The van der Waals surface area contributed by atoms with Crippen molar-refractivity contribution in [3.05, 3.63) is 53.3 Å². The molecule has 28 heavy (non-hydrogen) atoms. The van der Waals surface area contributed by atoms with Crippen LogP contribution in [0.4, 0.5) is 0 Å². The van der Waals surface area contributed by atoms with Crippen molar-refractivity contribution in [2.75, 3.05) is 26.2 Å². The SMILES string of the molecule is O=C(CCn1cc(Cl)cn1)N1CCC2(CCN(CCc3ccccc3)C2=O)C1. The molecule has 0 bridgehead atoms. The van der Waals surface area contributed by atoms with Gasteiger partial charge < -0.3 is 9.80 Å². The molecule has 2 saturated heterocycles. The van der Waals surface area contributed by atoms with E-state index in [9.17, 15) is 9.59 Å². The van der Waals surface area contributed by atoms with E-state index in [0.29, 0.717) is 31.1 Å². The molecule has 6 nitrogen and oxygen atoms in total. The highest BCUT2D eigenvalue weighted by Gasteiger charge is 2.51. The summed E-state index contributed by atoms with van der Waals surface area (Å²) in [5.74, 6) is 0.302. The molecule has 1 atom stereocenters. The zero-order valence-electron chi connectivity index (χ0n) is 15.9. The second-order valence-electron chi connectivity index (χ2n) is 7.80. The van der Waals surface area contributed by atoms with Crippen LogP contribution in [0.15, 0.2) is 42.7 Å². The molecule has 148 valence electrons. The third-order valence-electron chi connectivity index (χ3n) is 5.98. The third kappa shape index (κ3) is 3.92. The molecule has 7 heteroatoms. The summed E-state index contributed by atoms with van der Waals surface area (Å²) in [7, 11) is 0. The molecule has 2 aliphatic rings. The van der Waals surface area contributed by atoms with Crippen LogP contribution in [0.5, 0.6) is 0 Å². The van der Waals surface area contributed by atoms with E-state index in [1.807, 2.05) is 28.0 Å². The monoisotopic (exact) mass is 400 g/mol. The van der Waals surface area contributed by atoms with Crippen LogP contribution in [-0.4, -0.2) is 57.6 Å². The van der Waals surface area contributed by atoms with Crippen molar-refractivity contribution in [3.63, 3.8) is 0 Å². The minimum Gasteiger partial charge on any atom is -0.342 e. The molecule has 4 rings (SSSR count). The van der Waals surface area contributed by atoms with Crippen molar-refractivity contribution < 1.29 is 9.59 Å².